The molecular weight excluding hydrogens is 304 g/mol. The molecule has 0 radical (unpaired) electrons. The van der Waals surface area contributed by atoms with Crippen LogP contribution in [-0.4, -0.2) is 10.7 Å². The molecule has 0 saturated heterocycles. The van der Waals surface area contributed by atoms with Gasteiger partial charge in [0.15, 0.2) is 0 Å². The maximum absolute atomic E-state index is 3.53. The summed E-state index contributed by atoms with van der Waals surface area (Å²) in [6, 6.07) is 8.96. The van der Waals surface area contributed by atoms with Gasteiger partial charge in [0.25, 0.3) is 0 Å². The second-order valence-electron chi connectivity index (χ2n) is 3.55. The van der Waals surface area contributed by atoms with Gasteiger partial charge in [-0.25, -0.2) is 0 Å². The van der Waals surface area contributed by atoms with E-state index in [1.165, 1.54) is 11.1 Å². The Labute approximate surface area is 103 Å². The van der Waals surface area contributed by atoms with Crippen LogP contribution in [0, 0.1) is 5.92 Å². The van der Waals surface area contributed by atoms with Crippen LogP contribution < -0.4 is 0 Å². The minimum Gasteiger partial charge on any atom is -0.0925 e. The molecule has 0 aliphatic heterocycles. The summed E-state index contributed by atoms with van der Waals surface area (Å²) >= 11 is 7.06. The van der Waals surface area contributed by atoms with Gasteiger partial charge in [0.1, 0.15) is 0 Å². The fraction of sp³-hybridized carbons (Fsp3) is 0.500. The van der Waals surface area contributed by atoms with Gasteiger partial charge < -0.3 is 0 Å². The van der Waals surface area contributed by atoms with Crippen molar-refractivity contribution in [3.05, 3.63) is 35.4 Å². The highest BCUT2D eigenvalue weighted by molar-refractivity contribution is 9.09. The van der Waals surface area contributed by atoms with E-state index in [1.54, 1.807) is 0 Å². The second kappa shape index (κ2) is 6.62. The first-order chi connectivity index (χ1) is 6.80. The SMILES string of the molecule is CCc1ccc(CC(CBr)CBr)cc1. The third-order valence-corrected chi connectivity index (χ3v) is 4.22. The molecular formula is C12H16Br2. The smallest absolute Gasteiger partial charge is 0.00708 e. The van der Waals surface area contributed by atoms with E-state index in [4.69, 9.17) is 0 Å². The van der Waals surface area contributed by atoms with Crippen LogP contribution in [0.4, 0.5) is 0 Å². The minimum absolute atomic E-state index is 0.697. The van der Waals surface area contributed by atoms with Crippen LogP contribution in [-0.2, 0) is 12.8 Å². The van der Waals surface area contributed by atoms with Gasteiger partial charge in [-0.3, -0.25) is 0 Å². The lowest BCUT2D eigenvalue weighted by atomic mass is 10.0. The Morgan fingerprint density at radius 3 is 1.93 bits per heavy atom. The fourth-order valence-electron chi connectivity index (χ4n) is 1.39. The molecule has 0 N–H and O–H groups in total. The topological polar surface area (TPSA) is 0 Å². The Morgan fingerprint density at radius 2 is 1.50 bits per heavy atom. The van der Waals surface area contributed by atoms with Crippen LogP contribution in [0.2, 0.25) is 0 Å². The van der Waals surface area contributed by atoms with Gasteiger partial charge in [-0.05, 0) is 29.9 Å². The molecule has 0 unspecified atom stereocenters. The lowest BCUT2D eigenvalue weighted by molar-refractivity contribution is 0.679. The van der Waals surface area contributed by atoms with Crippen LogP contribution in [0.25, 0.3) is 0 Å². The first-order valence-corrected chi connectivity index (χ1v) is 7.24. The van der Waals surface area contributed by atoms with E-state index in [0.29, 0.717) is 5.92 Å². The third-order valence-electron chi connectivity index (χ3n) is 2.39. The molecule has 14 heavy (non-hydrogen) atoms. The van der Waals surface area contributed by atoms with Crippen molar-refractivity contribution in [3.8, 4) is 0 Å². The molecule has 0 amide bonds. The molecule has 0 spiro atoms. The molecule has 2 heteroatoms. The lowest BCUT2D eigenvalue weighted by Gasteiger charge is -2.10. The maximum atomic E-state index is 3.53. The van der Waals surface area contributed by atoms with E-state index in [2.05, 4.69) is 63.0 Å². The molecule has 0 aromatic heterocycles. The summed E-state index contributed by atoms with van der Waals surface area (Å²) < 4.78 is 0. The summed E-state index contributed by atoms with van der Waals surface area (Å²) in [6.45, 7) is 2.19. The normalized spacial score (nSPS) is 10.9. The Kier molecular flexibility index (Phi) is 5.80. The summed E-state index contributed by atoms with van der Waals surface area (Å²) in [6.07, 6.45) is 2.28. The summed E-state index contributed by atoms with van der Waals surface area (Å²) in [4.78, 5) is 0. The first-order valence-electron chi connectivity index (χ1n) is 4.99. The highest BCUT2D eigenvalue weighted by Crippen LogP contribution is 2.14. The highest BCUT2D eigenvalue weighted by Gasteiger charge is 2.05. The highest BCUT2D eigenvalue weighted by atomic mass is 79.9. The molecule has 0 aliphatic carbocycles. The van der Waals surface area contributed by atoms with Gasteiger partial charge >= 0.3 is 0 Å². The molecule has 0 aliphatic rings. The molecule has 1 rings (SSSR count). The molecule has 0 nitrogen and oxygen atoms in total. The van der Waals surface area contributed by atoms with Crippen LogP contribution in [0.5, 0.6) is 0 Å². The molecule has 0 fully saturated rings. The molecule has 0 saturated carbocycles. The minimum atomic E-state index is 0.697. The van der Waals surface area contributed by atoms with Gasteiger partial charge in [0.05, 0.1) is 0 Å². The van der Waals surface area contributed by atoms with E-state index in [-0.39, 0.29) is 0 Å². The average Bonchev–Trinajstić information content (AvgIpc) is 2.26. The van der Waals surface area contributed by atoms with E-state index in [1.807, 2.05) is 0 Å². The van der Waals surface area contributed by atoms with Crippen molar-refractivity contribution < 1.29 is 0 Å². The summed E-state index contributed by atoms with van der Waals surface area (Å²) in [5, 5.41) is 2.13. The van der Waals surface area contributed by atoms with Crippen molar-refractivity contribution in [2.75, 3.05) is 10.7 Å². The molecule has 78 valence electrons. The molecule has 0 atom stereocenters. The number of rotatable bonds is 5. The van der Waals surface area contributed by atoms with Crippen LogP contribution >= 0.6 is 31.9 Å². The average molecular weight is 320 g/mol. The number of halogens is 2. The van der Waals surface area contributed by atoms with Crippen LogP contribution in [0.15, 0.2) is 24.3 Å². The number of hydrogen-bond acceptors (Lipinski definition) is 0. The van der Waals surface area contributed by atoms with Crippen molar-refractivity contribution >= 4 is 31.9 Å². The Hall–Kier alpha value is 0.180. The van der Waals surface area contributed by atoms with Crippen molar-refractivity contribution in [3.63, 3.8) is 0 Å². The van der Waals surface area contributed by atoms with Crippen LogP contribution in [0.3, 0.4) is 0 Å². The Bertz CT molecular complexity index is 250. The van der Waals surface area contributed by atoms with Crippen molar-refractivity contribution in [2.45, 2.75) is 19.8 Å². The van der Waals surface area contributed by atoms with E-state index >= 15 is 0 Å². The fourth-order valence-corrected chi connectivity index (χ4v) is 2.92. The predicted molar refractivity (Wildman–Crippen MR) is 70.6 cm³/mol. The zero-order valence-electron chi connectivity index (χ0n) is 8.47. The zero-order valence-corrected chi connectivity index (χ0v) is 11.6. The van der Waals surface area contributed by atoms with Gasteiger partial charge in [-0.15, -0.1) is 0 Å². The number of benzene rings is 1. The third kappa shape index (κ3) is 3.74. The maximum Gasteiger partial charge on any atom is 0.00708 e. The summed E-state index contributed by atoms with van der Waals surface area (Å²) in [7, 11) is 0. The lowest BCUT2D eigenvalue weighted by Crippen LogP contribution is -2.07. The van der Waals surface area contributed by atoms with E-state index < -0.39 is 0 Å². The van der Waals surface area contributed by atoms with Gasteiger partial charge in [-0.1, -0.05) is 63.0 Å². The van der Waals surface area contributed by atoms with Crippen molar-refractivity contribution in [1.82, 2.24) is 0 Å². The van der Waals surface area contributed by atoms with Crippen molar-refractivity contribution in [2.24, 2.45) is 5.92 Å². The largest absolute Gasteiger partial charge is 0.0925 e. The van der Waals surface area contributed by atoms with Gasteiger partial charge in [0, 0.05) is 10.7 Å². The predicted octanol–water partition coefficient (Wildman–Crippen LogP) is 4.20. The molecule has 1 aromatic rings. The zero-order chi connectivity index (χ0) is 10.4. The molecule has 0 heterocycles. The first kappa shape index (κ1) is 12.3. The standard InChI is InChI=1S/C12H16Br2/c1-2-10-3-5-11(6-4-10)7-12(8-13)9-14/h3-6,12H,2,7-9H2,1H3. The number of alkyl halides is 2. The monoisotopic (exact) mass is 318 g/mol. The second-order valence-corrected chi connectivity index (χ2v) is 4.84. The van der Waals surface area contributed by atoms with Gasteiger partial charge in [-0.2, -0.15) is 0 Å². The van der Waals surface area contributed by atoms with Crippen LogP contribution in [0.1, 0.15) is 18.1 Å². The Morgan fingerprint density at radius 1 is 1.00 bits per heavy atom. The quantitative estimate of drug-likeness (QED) is 0.714. The molecule has 1 aromatic carbocycles. The summed E-state index contributed by atoms with van der Waals surface area (Å²) in [5.41, 5.74) is 2.86. The number of hydrogen-bond donors (Lipinski definition) is 0. The van der Waals surface area contributed by atoms with Crippen molar-refractivity contribution in [1.29, 1.82) is 0 Å². The number of aryl methyl sites for hydroxylation is 1. The summed E-state index contributed by atoms with van der Waals surface area (Å²) in [5.74, 6) is 0.697. The van der Waals surface area contributed by atoms with E-state index in [0.717, 1.165) is 23.5 Å². The Balaban J connectivity index is 2.58. The van der Waals surface area contributed by atoms with Gasteiger partial charge in [0.2, 0.25) is 0 Å². The van der Waals surface area contributed by atoms with E-state index in [9.17, 15) is 0 Å². The molecule has 0 bridgehead atoms.